The van der Waals surface area contributed by atoms with Gasteiger partial charge < -0.3 is 14.6 Å². The van der Waals surface area contributed by atoms with Crippen LogP contribution in [0.2, 0.25) is 10.0 Å². The third-order valence-electron chi connectivity index (χ3n) is 3.06. The molecule has 1 atom stereocenters. The second-order valence-corrected chi connectivity index (χ2v) is 5.61. The summed E-state index contributed by atoms with van der Waals surface area (Å²) >= 11 is 11.9. The van der Waals surface area contributed by atoms with Crippen molar-refractivity contribution in [1.82, 2.24) is 5.32 Å². The number of benzene rings is 1. The average Bonchev–Trinajstić information content (AvgIpc) is 2.63. The molecular weight excluding hydrogens is 349 g/mol. The van der Waals surface area contributed by atoms with E-state index in [-0.39, 0.29) is 10.6 Å². The number of ether oxygens (including phenoxy) is 2. The van der Waals surface area contributed by atoms with E-state index in [0.717, 1.165) is 6.92 Å². The first-order valence-electron chi connectivity index (χ1n) is 6.27. The van der Waals surface area contributed by atoms with Gasteiger partial charge >= 0.3 is 12.1 Å². The van der Waals surface area contributed by atoms with Gasteiger partial charge in [0.05, 0.1) is 0 Å². The van der Waals surface area contributed by atoms with Crippen LogP contribution in [0.5, 0.6) is 0 Å². The predicted octanol–water partition coefficient (Wildman–Crippen LogP) is 2.81. The molecule has 1 aromatic rings. The zero-order valence-corrected chi connectivity index (χ0v) is 13.5. The quantitative estimate of drug-likeness (QED) is 0.804. The number of carboxylic acid groups (broad SMARTS) is 1. The van der Waals surface area contributed by atoms with E-state index in [4.69, 9.17) is 37.8 Å². The number of hydrogen-bond acceptors (Lipinski definition) is 5. The molecule has 1 aliphatic heterocycles. The lowest BCUT2D eigenvalue weighted by Gasteiger charge is -2.24. The van der Waals surface area contributed by atoms with Gasteiger partial charge in [-0.3, -0.25) is 14.9 Å². The largest absolute Gasteiger partial charge is 0.465 e. The van der Waals surface area contributed by atoms with Gasteiger partial charge in [-0.1, -0.05) is 29.3 Å². The first kappa shape index (κ1) is 17.1. The minimum absolute atomic E-state index is 0.145. The molecule has 1 amide bonds. The molecule has 0 saturated heterocycles. The second kappa shape index (κ2) is 6.10. The number of ketones is 1. The topological polar surface area (TPSA) is 102 Å². The Hall–Kier alpha value is -2.25. The van der Waals surface area contributed by atoms with Gasteiger partial charge in [-0.25, -0.2) is 4.79 Å². The molecule has 0 aromatic heterocycles. The molecule has 0 aliphatic carbocycles. The van der Waals surface area contributed by atoms with Gasteiger partial charge in [0.2, 0.25) is 17.2 Å². The highest BCUT2D eigenvalue weighted by Gasteiger charge is 2.50. The first-order valence-corrected chi connectivity index (χ1v) is 7.02. The van der Waals surface area contributed by atoms with Crippen LogP contribution in [-0.4, -0.2) is 23.0 Å². The number of halogens is 2. The molecule has 1 unspecified atom stereocenters. The minimum atomic E-state index is -1.66. The van der Waals surface area contributed by atoms with Crippen molar-refractivity contribution < 1.29 is 29.0 Å². The molecule has 23 heavy (non-hydrogen) atoms. The van der Waals surface area contributed by atoms with Crippen LogP contribution in [0, 0.1) is 0 Å². The molecule has 7 nitrogen and oxygen atoms in total. The second-order valence-electron chi connectivity index (χ2n) is 4.77. The molecule has 0 fully saturated rings. The Bertz CT molecular complexity index is 745. The van der Waals surface area contributed by atoms with E-state index in [1.165, 1.54) is 25.1 Å². The summed E-state index contributed by atoms with van der Waals surface area (Å²) < 4.78 is 10.2. The highest BCUT2D eigenvalue weighted by atomic mass is 35.5. The van der Waals surface area contributed by atoms with Gasteiger partial charge in [0.15, 0.2) is 0 Å². The van der Waals surface area contributed by atoms with Gasteiger partial charge in [0, 0.05) is 22.5 Å². The maximum atomic E-state index is 12.6. The smallest absolute Gasteiger partial charge is 0.411 e. The van der Waals surface area contributed by atoms with E-state index in [9.17, 15) is 14.4 Å². The summed E-state index contributed by atoms with van der Waals surface area (Å²) in [5, 5.41) is 11.2. The third-order valence-corrected chi connectivity index (χ3v) is 3.61. The van der Waals surface area contributed by atoms with Crippen LogP contribution in [-0.2, 0) is 24.7 Å². The van der Waals surface area contributed by atoms with E-state index in [0.29, 0.717) is 5.02 Å². The highest BCUT2D eigenvalue weighted by molar-refractivity contribution is 6.35. The Balaban J connectivity index is 2.49. The summed E-state index contributed by atoms with van der Waals surface area (Å²) in [6, 6.07) is 4.38. The standard InChI is InChI=1S/C14H11Cl2NO6/c1-6(18)22-10-11(19)14(2,23-12(10)17-13(20)21)8-4-3-7(15)5-9(8)16/h3-5,17H,1-2H3,(H,20,21). The minimum Gasteiger partial charge on any atom is -0.465 e. The summed E-state index contributed by atoms with van der Waals surface area (Å²) in [4.78, 5) is 34.6. The average molecular weight is 360 g/mol. The predicted molar refractivity (Wildman–Crippen MR) is 79.9 cm³/mol. The summed E-state index contributed by atoms with van der Waals surface area (Å²) in [7, 11) is 0. The zero-order chi connectivity index (χ0) is 17.4. The van der Waals surface area contributed by atoms with Gasteiger partial charge in [0.25, 0.3) is 5.78 Å². The molecule has 1 heterocycles. The molecule has 1 aliphatic rings. The Morgan fingerprint density at radius 2 is 2.00 bits per heavy atom. The molecule has 2 N–H and O–H groups in total. The van der Waals surface area contributed by atoms with E-state index < -0.39 is 35.1 Å². The molecule has 0 radical (unpaired) electrons. The fraction of sp³-hybridized carbons (Fsp3) is 0.214. The number of Topliss-reactive ketones (excluding diaryl/α,β-unsaturated/α-hetero) is 1. The van der Waals surface area contributed by atoms with Crippen LogP contribution in [0.25, 0.3) is 0 Å². The zero-order valence-electron chi connectivity index (χ0n) is 12.0. The summed E-state index contributed by atoms with van der Waals surface area (Å²) in [6.07, 6.45) is -1.48. The van der Waals surface area contributed by atoms with Crippen molar-refractivity contribution in [2.24, 2.45) is 0 Å². The number of carbonyl (C=O) groups is 3. The van der Waals surface area contributed by atoms with E-state index >= 15 is 0 Å². The van der Waals surface area contributed by atoms with Crippen molar-refractivity contribution >= 4 is 41.0 Å². The fourth-order valence-corrected chi connectivity index (χ4v) is 2.67. The summed E-state index contributed by atoms with van der Waals surface area (Å²) in [6.45, 7) is 2.45. The van der Waals surface area contributed by atoms with Crippen molar-refractivity contribution in [1.29, 1.82) is 0 Å². The number of rotatable bonds is 3. The van der Waals surface area contributed by atoms with Gasteiger partial charge in [-0.15, -0.1) is 0 Å². The maximum Gasteiger partial charge on any atom is 0.411 e. The van der Waals surface area contributed by atoms with Gasteiger partial charge in [-0.05, 0) is 19.1 Å². The van der Waals surface area contributed by atoms with Crippen LogP contribution in [0.15, 0.2) is 29.8 Å². The SMILES string of the molecule is CC(=O)OC1=C(NC(=O)O)OC(C)(c2ccc(Cl)cc2Cl)C1=O. The van der Waals surface area contributed by atoms with E-state index in [1.54, 1.807) is 0 Å². The van der Waals surface area contributed by atoms with Crippen molar-refractivity contribution in [3.8, 4) is 0 Å². The molecule has 2 rings (SSSR count). The summed E-state index contributed by atoms with van der Waals surface area (Å²) in [5.41, 5.74) is -1.41. The lowest BCUT2D eigenvalue weighted by Crippen LogP contribution is -2.32. The Kier molecular flexibility index (Phi) is 4.53. The number of nitrogens with one attached hydrogen (secondary N) is 1. The Morgan fingerprint density at radius 1 is 1.35 bits per heavy atom. The van der Waals surface area contributed by atoms with Crippen LogP contribution >= 0.6 is 23.2 Å². The molecule has 0 bridgehead atoms. The number of carbonyl (C=O) groups excluding carboxylic acids is 2. The fourth-order valence-electron chi connectivity index (χ4n) is 2.09. The molecule has 1 aromatic carbocycles. The highest BCUT2D eigenvalue weighted by Crippen LogP contribution is 2.41. The van der Waals surface area contributed by atoms with Crippen molar-refractivity contribution in [3.63, 3.8) is 0 Å². The van der Waals surface area contributed by atoms with E-state index in [1.807, 2.05) is 5.32 Å². The van der Waals surface area contributed by atoms with E-state index in [2.05, 4.69) is 0 Å². The normalized spacial score (nSPS) is 20.3. The number of amides is 1. The molecule has 0 spiro atoms. The van der Waals surface area contributed by atoms with Gasteiger partial charge in [-0.2, -0.15) is 0 Å². The van der Waals surface area contributed by atoms with Crippen LogP contribution in [0.1, 0.15) is 19.4 Å². The third kappa shape index (κ3) is 3.25. The van der Waals surface area contributed by atoms with Crippen LogP contribution in [0.3, 0.4) is 0 Å². The Labute approximate surface area is 140 Å². The molecule has 9 heteroatoms. The molecular formula is C14H11Cl2NO6. The summed E-state index contributed by atoms with van der Waals surface area (Å²) in [5.74, 6) is -2.56. The van der Waals surface area contributed by atoms with Crippen molar-refractivity contribution in [2.75, 3.05) is 0 Å². The maximum absolute atomic E-state index is 12.6. The lowest BCUT2D eigenvalue weighted by molar-refractivity contribution is -0.142. The lowest BCUT2D eigenvalue weighted by atomic mass is 9.91. The van der Waals surface area contributed by atoms with Crippen molar-refractivity contribution in [2.45, 2.75) is 19.4 Å². The molecule has 122 valence electrons. The van der Waals surface area contributed by atoms with Crippen molar-refractivity contribution in [3.05, 3.63) is 45.5 Å². The van der Waals surface area contributed by atoms with Gasteiger partial charge in [0.1, 0.15) is 0 Å². The van der Waals surface area contributed by atoms with Crippen LogP contribution in [0.4, 0.5) is 4.79 Å². The Morgan fingerprint density at radius 3 is 2.52 bits per heavy atom. The molecule has 0 saturated carbocycles. The van der Waals surface area contributed by atoms with Crippen LogP contribution < -0.4 is 5.32 Å². The first-order chi connectivity index (χ1) is 10.6. The number of hydrogen-bond donors (Lipinski definition) is 2. The monoisotopic (exact) mass is 359 g/mol. The number of esters is 1.